The topological polar surface area (TPSA) is 63.7 Å². The predicted octanol–water partition coefficient (Wildman–Crippen LogP) is 3.75. The van der Waals surface area contributed by atoms with Crippen LogP contribution < -0.4 is 4.74 Å². The number of hydrogen-bond donors (Lipinski definition) is 0. The highest BCUT2D eigenvalue weighted by Crippen LogP contribution is 2.33. The van der Waals surface area contributed by atoms with Crippen LogP contribution in [-0.4, -0.2) is 45.2 Å². The van der Waals surface area contributed by atoms with E-state index in [1.165, 1.54) is 6.08 Å². The van der Waals surface area contributed by atoms with Crippen LogP contribution in [0.5, 0.6) is 5.75 Å². The van der Waals surface area contributed by atoms with Gasteiger partial charge in [-0.25, -0.2) is 8.42 Å². The van der Waals surface area contributed by atoms with E-state index in [2.05, 4.69) is 0 Å². The molecule has 0 N–H and O–H groups in total. The second-order valence-corrected chi connectivity index (χ2v) is 9.31. The molecule has 1 heterocycles. The first kappa shape index (κ1) is 20.4. The van der Waals surface area contributed by atoms with Crippen LogP contribution in [0.1, 0.15) is 22.8 Å². The number of nitrogens with zero attached hydrogens (tertiary/aromatic N) is 1. The van der Waals surface area contributed by atoms with E-state index in [9.17, 15) is 13.2 Å². The summed E-state index contributed by atoms with van der Waals surface area (Å²) in [7, 11) is -1.80. The van der Waals surface area contributed by atoms with E-state index in [1.54, 1.807) is 42.4 Å². The van der Waals surface area contributed by atoms with E-state index in [1.807, 2.05) is 24.3 Å². The zero-order chi connectivity index (χ0) is 20.1. The van der Waals surface area contributed by atoms with Gasteiger partial charge in [-0.3, -0.25) is 4.79 Å². The SMILES string of the molecule is COc1ccc(/C=C/C(=O)N2CC[C@H](c3ccccc3Cl)S(=O)(=O)CC2)cc1. The molecule has 7 heteroatoms. The van der Waals surface area contributed by atoms with Gasteiger partial charge in [-0.2, -0.15) is 0 Å². The van der Waals surface area contributed by atoms with Gasteiger partial charge in [0.2, 0.25) is 5.91 Å². The molecule has 28 heavy (non-hydrogen) atoms. The summed E-state index contributed by atoms with van der Waals surface area (Å²) in [6.45, 7) is 0.538. The molecule has 1 aliphatic rings. The van der Waals surface area contributed by atoms with E-state index >= 15 is 0 Å². The maximum atomic E-state index is 12.7. The molecule has 1 atom stereocenters. The second kappa shape index (κ2) is 8.80. The summed E-state index contributed by atoms with van der Waals surface area (Å²) in [5, 5.41) is -0.250. The normalized spacial score (nSPS) is 19.4. The summed E-state index contributed by atoms with van der Waals surface area (Å²) in [6, 6.07) is 14.3. The van der Waals surface area contributed by atoms with Crippen molar-refractivity contribution in [3.8, 4) is 5.75 Å². The Morgan fingerprint density at radius 2 is 1.86 bits per heavy atom. The molecule has 0 radical (unpaired) electrons. The molecule has 148 valence electrons. The number of amides is 1. The van der Waals surface area contributed by atoms with Crippen molar-refractivity contribution in [3.05, 3.63) is 70.8 Å². The van der Waals surface area contributed by atoms with Crippen LogP contribution >= 0.6 is 11.6 Å². The Hall–Kier alpha value is -2.31. The maximum Gasteiger partial charge on any atom is 0.246 e. The van der Waals surface area contributed by atoms with Gasteiger partial charge in [-0.15, -0.1) is 0 Å². The van der Waals surface area contributed by atoms with Gasteiger partial charge in [0.25, 0.3) is 0 Å². The smallest absolute Gasteiger partial charge is 0.246 e. The Morgan fingerprint density at radius 1 is 1.14 bits per heavy atom. The van der Waals surface area contributed by atoms with Gasteiger partial charge >= 0.3 is 0 Å². The maximum absolute atomic E-state index is 12.7. The highest BCUT2D eigenvalue weighted by Gasteiger charge is 2.33. The zero-order valence-corrected chi connectivity index (χ0v) is 17.1. The van der Waals surface area contributed by atoms with Crippen LogP contribution in [0.25, 0.3) is 6.08 Å². The standard InChI is InChI=1S/C21H22ClNO4S/c1-27-17-9-6-16(7-10-17)8-11-21(24)23-13-12-20(28(25,26)15-14-23)18-4-2-3-5-19(18)22/h2-11,20H,12-15H2,1H3/b11-8+/t20-/m1/s1. The third kappa shape index (κ3) is 4.75. The third-order valence-electron chi connectivity index (χ3n) is 4.84. The molecule has 0 bridgehead atoms. The molecule has 3 rings (SSSR count). The van der Waals surface area contributed by atoms with Crippen molar-refractivity contribution in [2.75, 3.05) is 26.0 Å². The Kier molecular flexibility index (Phi) is 6.42. The summed E-state index contributed by atoms with van der Waals surface area (Å²) in [5.41, 5.74) is 1.47. The van der Waals surface area contributed by atoms with Gasteiger partial charge in [-0.05, 0) is 41.8 Å². The van der Waals surface area contributed by atoms with E-state index < -0.39 is 15.1 Å². The van der Waals surface area contributed by atoms with Crippen molar-refractivity contribution in [1.82, 2.24) is 4.90 Å². The van der Waals surface area contributed by atoms with Crippen LogP contribution in [0.3, 0.4) is 0 Å². The van der Waals surface area contributed by atoms with E-state index in [0.29, 0.717) is 23.6 Å². The Labute approximate surface area is 170 Å². The molecular weight excluding hydrogens is 398 g/mol. The highest BCUT2D eigenvalue weighted by atomic mass is 35.5. The monoisotopic (exact) mass is 419 g/mol. The van der Waals surface area contributed by atoms with Crippen molar-refractivity contribution in [2.45, 2.75) is 11.7 Å². The van der Waals surface area contributed by atoms with Gasteiger partial charge in [0, 0.05) is 24.2 Å². The minimum absolute atomic E-state index is 0.0784. The molecule has 1 aliphatic heterocycles. The summed E-state index contributed by atoms with van der Waals surface area (Å²) < 4.78 is 30.6. The number of hydrogen-bond acceptors (Lipinski definition) is 4. The fourth-order valence-corrected chi connectivity index (χ4v) is 5.39. The van der Waals surface area contributed by atoms with Crippen LogP contribution in [0.15, 0.2) is 54.6 Å². The predicted molar refractivity (Wildman–Crippen MR) is 111 cm³/mol. The summed E-state index contributed by atoms with van der Waals surface area (Å²) >= 11 is 6.21. The number of carbonyl (C=O) groups excluding carboxylic acids is 1. The minimum atomic E-state index is -3.39. The second-order valence-electron chi connectivity index (χ2n) is 6.60. The first-order valence-corrected chi connectivity index (χ1v) is 11.1. The number of ether oxygens (including phenoxy) is 1. The van der Waals surface area contributed by atoms with Crippen molar-refractivity contribution < 1.29 is 17.9 Å². The average molecular weight is 420 g/mol. The van der Waals surface area contributed by atoms with Crippen molar-refractivity contribution in [2.24, 2.45) is 0 Å². The minimum Gasteiger partial charge on any atom is -0.497 e. The summed E-state index contributed by atoms with van der Waals surface area (Å²) in [5.74, 6) is 0.461. The largest absolute Gasteiger partial charge is 0.497 e. The molecule has 1 fully saturated rings. The Balaban J connectivity index is 1.72. The third-order valence-corrected chi connectivity index (χ3v) is 7.29. The van der Waals surface area contributed by atoms with Crippen molar-refractivity contribution in [3.63, 3.8) is 0 Å². The van der Waals surface area contributed by atoms with Gasteiger partial charge in [0.1, 0.15) is 5.75 Å². The first-order chi connectivity index (χ1) is 13.4. The van der Waals surface area contributed by atoms with Crippen LogP contribution in [0.4, 0.5) is 0 Å². The van der Waals surface area contributed by atoms with Crippen LogP contribution in [-0.2, 0) is 14.6 Å². The molecule has 0 aromatic heterocycles. The van der Waals surface area contributed by atoms with Crippen molar-refractivity contribution in [1.29, 1.82) is 0 Å². The Bertz CT molecular complexity index is 970. The fourth-order valence-electron chi connectivity index (χ4n) is 3.24. The number of carbonyl (C=O) groups is 1. The van der Waals surface area contributed by atoms with Gasteiger partial charge in [-0.1, -0.05) is 41.9 Å². The lowest BCUT2D eigenvalue weighted by Gasteiger charge is -2.18. The first-order valence-electron chi connectivity index (χ1n) is 8.98. The molecule has 0 saturated carbocycles. The van der Waals surface area contributed by atoms with Gasteiger partial charge < -0.3 is 9.64 Å². The highest BCUT2D eigenvalue weighted by molar-refractivity contribution is 7.91. The number of halogens is 1. The molecule has 5 nitrogen and oxygen atoms in total. The van der Waals surface area contributed by atoms with E-state index in [0.717, 1.165) is 11.3 Å². The lowest BCUT2D eigenvalue weighted by atomic mass is 10.1. The van der Waals surface area contributed by atoms with Gasteiger partial charge in [0.15, 0.2) is 9.84 Å². The lowest BCUT2D eigenvalue weighted by Crippen LogP contribution is -2.32. The Morgan fingerprint density at radius 3 is 2.54 bits per heavy atom. The van der Waals surface area contributed by atoms with Crippen molar-refractivity contribution >= 4 is 33.4 Å². The number of benzene rings is 2. The van der Waals surface area contributed by atoms with Gasteiger partial charge in [0.05, 0.1) is 18.1 Å². The molecule has 2 aromatic rings. The van der Waals surface area contributed by atoms with Crippen LogP contribution in [0, 0.1) is 0 Å². The number of methoxy groups -OCH3 is 1. The number of rotatable bonds is 4. The fraction of sp³-hybridized carbons (Fsp3) is 0.286. The summed E-state index contributed by atoms with van der Waals surface area (Å²) in [6.07, 6.45) is 3.52. The molecule has 0 unspecified atom stereocenters. The molecule has 0 aliphatic carbocycles. The molecule has 2 aromatic carbocycles. The van der Waals surface area contributed by atoms with Crippen LogP contribution in [0.2, 0.25) is 5.02 Å². The van der Waals surface area contributed by atoms with E-state index in [4.69, 9.17) is 16.3 Å². The quantitative estimate of drug-likeness (QED) is 0.708. The number of sulfone groups is 1. The lowest BCUT2D eigenvalue weighted by molar-refractivity contribution is -0.125. The molecule has 1 amide bonds. The zero-order valence-electron chi connectivity index (χ0n) is 15.5. The van der Waals surface area contributed by atoms with E-state index in [-0.39, 0.29) is 18.2 Å². The summed E-state index contributed by atoms with van der Waals surface area (Å²) in [4.78, 5) is 14.1. The average Bonchev–Trinajstić information content (AvgIpc) is 2.85. The molecule has 1 saturated heterocycles. The molecular formula is C21H22ClNO4S. The molecule has 0 spiro atoms.